The highest BCUT2D eigenvalue weighted by Crippen LogP contribution is 2.44. The number of thiophene rings is 1. The van der Waals surface area contributed by atoms with Crippen LogP contribution < -0.4 is 4.74 Å². The Bertz CT molecular complexity index is 778. The number of aliphatic hydroxyl groups is 1. The van der Waals surface area contributed by atoms with E-state index >= 15 is 0 Å². The molecule has 0 aliphatic carbocycles. The fourth-order valence-corrected chi connectivity index (χ4v) is 5.57. The predicted molar refractivity (Wildman–Crippen MR) is 122 cm³/mol. The van der Waals surface area contributed by atoms with E-state index in [0.717, 1.165) is 31.4 Å². The van der Waals surface area contributed by atoms with Gasteiger partial charge in [-0.2, -0.15) is 0 Å². The molecule has 156 valence electrons. The highest BCUT2D eigenvalue weighted by Gasteiger charge is 2.33. The van der Waals surface area contributed by atoms with E-state index in [1.165, 1.54) is 26.4 Å². The first-order valence-corrected chi connectivity index (χ1v) is 11.3. The summed E-state index contributed by atoms with van der Waals surface area (Å²) in [6.45, 7) is 15.2. The van der Waals surface area contributed by atoms with Gasteiger partial charge in [-0.05, 0) is 73.8 Å². The quantitative estimate of drug-likeness (QED) is 0.525. The number of hydrogen-bond donors (Lipinski definition) is 1. The maximum atomic E-state index is 10.4. The normalized spacial score (nSPS) is 13.6. The SMILES string of the molecule is CCC(CC)(c1ccc(OC)c(C)c1)c1cc(C)c(CCC(O)C(C)(C)C)s1. The van der Waals surface area contributed by atoms with Crippen LogP contribution in [0.15, 0.2) is 24.3 Å². The maximum Gasteiger partial charge on any atom is 0.121 e. The zero-order valence-electron chi connectivity index (χ0n) is 19.0. The van der Waals surface area contributed by atoms with E-state index in [-0.39, 0.29) is 16.9 Å². The van der Waals surface area contributed by atoms with Crippen molar-refractivity contribution in [2.75, 3.05) is 7.11 Å². The summed E-state index contributed by atoms with van der Waals surface area (Å²) in [5.41, 5.74) is 3.89. The van der Waals surface area contributed by atoms with Gasteiger partial charge in [0, 0.05) is 15.2 Å². The lowest BCUT2D eigenvalue weighted by molar-refractivity contribution is 0.0561. The lowest BCUT2D eigenvalue weighted by Crippen LogP contribution is -2.26. The topological polar surface area (TPSA) is 29.5 Å². The van der Waals surface area contributed by atoms with E-state index in [1.54, 1.807) is 7.11 Å². The van der Waals surface area contributed by atoms with Gasteiger partial charge in [0.2, 0.25) is 0 Å². The fraction of sp³-hybridized carbons (Fsp3) is 0.600. The van der Waals surface area contributed by atoms with Crippen molar-refractivity contribution >= 4 is 11.3 Å². The van der Waals surface area contributed by atoms with E-state index in [4.69, 9.17) is 4.74 Å². The molecule has 2 rings (SSSR count). The number of methoxy groups -OCH3 is 1. The van der Waals surface area contributed by atoms with Crippen LogP contribution in [-0.4, -0.2) is 18.3 Å². The van der Waals surface area contributed by atoms with E-state index < -0.39 is 0 Å². The van der Waals surface area contributed by atoms with Crippen LogP contribution in [0.25, 0.3) is 0 Å². The van der Waals surface area contributed by atoms with Crippen molar-refractivity contribution in [3.63, 3.8) is 0 Å². The first-order chi connectivity index (χ1) is 13.1. The highest BCUT2D eigenvalue weighted by atomic mass is 32.1. The van der Waals surface area contributed by atoms with Crippen LogP contribution in [0.3, 0.4) is 0 Å². The molecule has 2 aromatic rings. The molecular formula is C25H38O2S. The zero-order chi connectivity index (χ0) is 21.1. The monoisotopic (exact) mass is 402 g/mol. The summed E-state index contributed by atoms with van der Waals surface area (Å²) in [5, 5.41) is 10.4. The molecule has 1 atom stereocenters. The summed E-state index contributed by atoms with van der Waals surface area (Å²) in [4.78, 5) is 2.86. The van der Waals surface area contributed by atoms with E-state index in [1.807, 2.05) is 11.3 Å². The third-order valence-electron chi connectivity index (χ3n) is 6.29. The predicted octanol–water partition coefficient (Wildman–Crippen LogP) is 6.82. The van der Waals surface area contributed by atoms with Gasteiger partial charge in [0.05, 0.1) is 13.2 Å². The summed E-state index contributed by atoms with van der Waals surface area (Å²) in [7, 11) is 1.73. The molecule has 0 saturated carbocycles. The van der Waals surface area contributed by atoms with Crippen molar-refractivity contribution in [2.24, 2.45) is 5.41 Å². The van der Waals surface area contributed by atoms with Crippen molar-refractivity contribution in [1.29, 1.82) is 0 Å². The number of aryl methyl sites for hydroxylation is 3. The lowest BCUT2D eigenvalue weighted by atomic mass is 9.74. The van der Waals surface area contributed by atoms with Crippen LogP contribution in [0.4, 0.5) is 0 Å². The van der Waals surface area contributed by atoms with Gasteiger partial charge in [0.15, 0.2) is 0 Å². The Morgan fingerprint density at radius 2 is 1.68 bits per heavy atom. The maximum absolute atomic E-state index is 10.4. The summed E-state index contributed by atoms with van der Waals surface area (Å²) >= 11 is 1.94. The van der Waals surface area contributed by atoms with Gasteiger partial charge in [-0.3, -0.25) is 0 Å². The Hall–Kier alpha value is -1.32. The van der Waals surface area contributed by atoms with Gasteiger partial charge in [-0.25, -0.2) is 0 Å². The molecule has 0 amide bonds. The molecule has 0 radical (unpaired) electrons. The number of hydrogen-bond acceptors (Lipinski definition) is 3. The molecule has 1 aromatic heterocycles. The minimum Gasteiger partial charge on any atom is -0.496 e. The number of rotatable bonds is 8. The molecule has 0 fully saturated rings. The number of benzene rings is 1. The van der Waals surface area contributed by atoms with Gasteiger partial charge in [0.1, 0.15) is 5.75 Å². The Morgan fingerprint density at radius 1 is 1.04 bits per heavy atom. The smallest absolute Gasteiger partial charge is 0.121 e. The molecule has 0 aliphatic heterocycles. The van der Waals surface area contributed by atoms with Crippen molar-refractivity contribution in [3.8, 4) is 5.75 Å². The van der Waals surface area contributed by atoms with Crippen LogP contribution in [0.2, 0.25) is 0 Å². The summed E-state index contributed by atoms with van der Waals surface area (Å²) in [5.74, 6) is 0.948. The Balaban J connectivity index is 2.38. The standard InChI is InChI=1S/C25H38O2S/c1-9-25(10-2,19-11-12-20(27-8)17(3)15-19)23-16-18(4)21(28-23)13-14-22(26)24(5,6)7/h11-12,15-16,22,26H,9-10,13-14H2,1-8H3. The van der Waals surface area contributed by atoms with Gasteiger partial charge >= 0.3 is 0 Å². The van der Waals surface area contributed by atoms with Gasteiger partial charge < -0.3 is 9.84 Å². The van der Waals surface area contributed by atoms with Gasteiger partial charge in [-0.1, -0.05) is 46.8 Å². The average Bonchev–Trinajstić information content (AvgIpc) is 3.01. The van der Waals surface area contributed by atoms with E-state index in [0.29, 0.717) is 0 Å². The summed E-state index contributed by atoms with van der Waals surface area (Å²) < 4.78 is 5.47. The van der Waals surface area contributed by atoms with Gasteiger partial charge in [0.25, 0.3) is 0 Å². The van der Waals surface area contributed by atoms with Crippen molar-refractivity contribution in [2.45, 2.75) is 85.7 Å². The van der Waals surface area contributed by atoms with Gasteiger partial charge in [-0.15, -0.1) is 11.3 Å². The molecule has 1 N–H and O–H groups in total. The third-order valence-corrected chi connectivity index (χ3v) is 7.79. The third kappa shape index (κ3) is 4.63. The molecule has 1 heterocycles. The van der Waals surface area contributed by atoms with Crippen LogP contribution in [0.5, 0.6) is 5.75 Å². The van der Waals surface area contributed by atoms with Crippen molar-refractivity contribution < 1.29 is 9.84 Å². The molecule has 3 heteroatoms. The van der Waals surface area contributed by atoms with Crippen LogP contribution in [0.1, 0.15) is 80.3 Å². The average molecular weight is 403 g/mol. The minimum atomic E-state index is -0.274. The Kier molecular flexibility index (Phi) is 7.38. The molecule has 0 spiro atoms. The van der Waals surface area contributed by atoms with Crippen LogP contribution >= 0.6 is 11.3 Å². The molecule has 0 aliphatic rings. The second kappa shape index (κ2) is 9.00. The summed E-state index contributed by atoms with van der Waals surface area (Å²) in [6, 6.07) is 9.02. The molecule has 1 unspecified atom stereocenters. The molecule has 28 heavy (non-hydrogen) atoms. The second-order valence-electron chi connectivity index (χ2n) is 9.11. The molecular weight excluding hydrogens is 364 g/mol. The summed E-state index contributed by atoms with van der Waals surface area (Å²) in [6.07, 6.45) is 3.62. The number of aliphatic hydroxyl groups excluding tert-OH is 1. The van der Waals surface area contributed by atoms with E-state index in [2.05, 4.69) is 72.7 Å². The van der Waals surface area contributed by atoms with Crippen molar-refractivity contribution in [3.05, 3.63) is 50.7 Å². The Labute approximate surface area is 176 Å². The first kappa shape index (κ1) is 23.0. The molecule has 0 bridgehead atoms. The first-order valence-electron chi connectivity index (χ1n) is 10.5. The van der Waals surface area contributed by atoms with Crippen molar-refractivity contribution in [1.82, 2.24) is 0 Å². The highest BCUT2D eigenvalue weighted by molar-refractivity contribution is 7.12. The largest absolute Gasteiger partial charge is 0.496 e. The number of ether oxygens (including phenoxy) is 1. The molecule has 1 aromatic carbocycles. The second-order valence-corrected chi connectivity index (χ2v) is 10.2. The fourth-order valence-electron chi connectivity index (χ4n) is 4.03. The molecule has 2 nitrogen and oxygen atoms in total. The van der Waals surface area contributed by atoms with E-state index in [9.17, 15) is 5.11 Å². The van der Waals surface area contributed by atoms with Crippen LogP contribution in [0, 0.1) is 19.3 Å². The lowest BCUT2D eigenvalue weighted by Gasteiger charge is -2.32. The zero-order valence-corrected chi connectivity index (χ0v) is 19.8. The van der Waals surface area contributed by atoms with Crippen LogP contribution in [-0.2, 0) is 11.8 Å². The minimum absolute atomic E-state index is 0.0351. The Morgan fingerprint density at radius 3 is 2.18 bits per heavy atom. The molecule has 0 saturated heterocycles.